The van der Waals surface area contributed by atoms with E-state index in [0.717, 1.165) is 0 Å². The fourth-order valence-electron chi connectivity index (χ4n) is 3.29. The first-order valence-electron chi connectivity index (χ1n) is 7.81. The number of aliphatic hydroxyl groups excluding tert-OH is 1. The van der Waals surface area contributed by atoms with Crippen LogP contribution in [0.1, 0.15) is 39.4 Å². The lowest BCUT2D eigenvalue weighted by Crippen LogP contribution is -2.37. The highest BCUT2D eigenvalue weighted by atomic mass is 16.8. The molecule has 1 saturated heterocycles. The number of methoxy groups -OCH3 is 1. The summed E-state index contributed by atoms with van der Waals surface area (Å²) in [6.07, 6.45) is -1.54. The van der Waals surface area contributed by atoms with Crippen molar-refractivity contribution in [2.45, 2.75) is 51.3 Å². The Balaban J connectivity index is 2.08. The maximum absolute atomic E-state index is 11.4. The van der Waals surface area contributed by atoms with Crippen molar-refractivity contribution in [3.05, 3.63) is 40.2 Å². The van der Waals surface area contributed by atoms with E-state index in [1.165, 1.54) is 13.2 Å². The van der Waals surface area contributed by atoms with Gasteiger partial charge in [-0.25, -0.2) is 4.79 Å². The van der Waals surface area contributed by atoms with Crippen LogP contribution in [-0.4, -0.2) is 29.7 Å². The third kappa shape index (κ3) is 2.92. The van der Waals surface area contributed by atoms with E-state index < -0.39 is 29.2 Å². The van der Waals surface area contributed by atoms with Crippen LogP contribution in [0, 0.1) is 0 Å². The fourth-order valence-corrected chi connectivity index (χ4v) is 3.29. The molecule has 0 saturated carbocycles. The highest BCUT2D eigenvalue weighted by molar-refractivity contribution is 5.79. The minimum atomic E-state index is -0.965. The lowest BCUT2D eigenvalue weighted by Gasteiger charge is -2.28. The predicted octanol–water partition coefficient (Wildman–Crippen LogP) is 2.77. The van der Waals surface area contributed by atoms with E-state index in [-0.39, 0.29) is 0 Å². The second kappa shape index (κ2) is 5.58. The van der Waals surface area contributed by atoms with Gasteiger partial charge in [-0.3, -0.25) is 0 Å². The second-order valence-electron chi connectivity index (χ2n) is 6.98. The monoisotopic (exact) mass is 334 g/mol. The van der Waals surface area contributed by atoms with E-state index in [1.54, 1.807) is 18.2 Å². The van der Waals surface area contributed by atoms with Crippen molar-refractivity contribution < 1.29 is 23.7 Å². The summed E-state index contributed by atoms with van der Waals surface area (Å²) in [4.78, 5) is 11.4. The zero-order chi connectivity index (χ0) is 17.7. The molecule has 1 aromatic carbocycles. The van der Waals surface area contributed by atoms with Gasteiger partial charge in [-0.1, -0.05) is 0 Å². The molecule has 0 spiro atoms. The van der Waals surface area contributed by atoms with E-state index in [0.29, 0.717) is 22.3 Å². The summed E-state index contributed by atoms with van der Waals surface area (Å²) >= 11 is 0. The minimum Gasteiger partial charge on any atom is -0.496 e. The number of fused-ring (bicyclic) bond motifs is 1. The Bertz CT molecular complexity index is 820. The molecule has 3 rings (SSSR count). The van der Waals surface area contributed by atoms with E-state index in [9.17, 15) is 9.90 Å². The molecule has 0 amide bonds. The van der Waals surface area contributed by atoms with Crippen molar-refractivity contribution in [3.8, 4) is 5.75 Å². The van der Waals surface area contributed by atoms with Crippen LogP contribution < -0.4 is 10.4 Å². The van der Waals surface area contributed by atoms with Gasteiger partial charge in [0.05, 0.1) is 12.7 Å². The molecule has 2 atom stereocenters. The largest absolute Gasteiger partial charge is 0.496 e. The molecule has 130 valence electrons. The van der Waals surface area contributed by atoms with Crippen molar-refractivity contribution >= 4 is 11.0 Å². The third-order valence-corrected chi connectivity index (χ3v) is 4.18. The minimum absolute atomic E-state index is 0.401. The number of aliphatic hydroxyl groups is 1. The molecule has 2 aromatic rings. The Labute approximate surface area is 139 Å². The Kier molecular flexibility index (Phi) is 3.94. The molecular weight excluding hydrogens is 312 g/mol. The van der Waals surface area contributed by atoms with Crippen LogP contribution >= 0.6 is 0 Å². The summed E-state index contributed by atoms with van der Waals surface area (Å²) in [5.41, 5.74) is -0.156. The lowest BCUT2D eigenvalue weighted by molar-refractivity contribution is -0.162. The van der Waals surface area contributed by atoms with E-state index in [1.807, 2.05) is 27.7 Å². The second-order valence-corrected chi connectivity index (χ2v) is 6.98. The zero-order valence-corrected chi connectivity index (χ0v) is 14.5. The van der Waals surface area contributed by atoms with Crippen LogP contribution in [0.2, 0.25) is 0 Å². The number of hydrogen-bond acceptors (Lipinski definition) is 6. The number of hydrogen-bond donors (Lipinski definition) is 1. The SMILES string of the molecule is COc1cc2oc(=O)ccc2cc1[C@@H](O)[C@@H]1OC(C)(C)OC1(C)C. The van der Waals surface area contributed by atoms with Crippen molar-refractivity contribution in [1.29, 1.82) is 0 Å². The highest BCUT2D eigenvalue weighted by Crippen LogP contribution is 2.44. The van der Waals surface area contributed by atoms with Gasteiger partial charge in [-0.2, -0.15) is 0 Å². The molecular formula is C18H22O6. The fraction of sp³-hybridized carbons (Fsp3) is 0.500. The number of rotatable bonds is 3. The molecule has 2 heterocycles. The zero-order valence-electron chi connectivity index (χ0n) is 14.5. The molecule has 6 nitrogen and oxygen atoms in total. The molecule has 0 unspecified atom stereocenters. The van der Waals surface area contributed by atoms with E-state index >= 15 is 0 Å². The summed E-state index contributed by atoms with van der Waals surface area (Å²) in [5.74, 6) is -0.361. The molecule has 0 aliphatic carbocycles. The summed E-state index contributed by atoms with van der Waals surface area (Å²) in [7, 11) is 1.50. The highest BCUT2D eigenvalue weighted by Gasteiger charge is 2.51. The van der Waals surface area contributed by atoms with Gasteiger partial charge in [0.25, 0.3) is 0 Å². The van der Waals surface area contributed by atoms with Gasteiger partial charge in [0.15, 0.2) is 5.79 Å². The molecule has 1 aliphatic heterocycles. The molecule has 0 radical (unpaired) electrons. The maximum Gasteiger partial charge on any atom is 0.336 e. The van der Waals surface area contributed by atoms with Crippen molar-refractivity contribution in [2.24, 2.45) is 0 Å². The topological polar surface area (TPSA) is 78.1 Å². The average molecular weight is 334 g/mol. The van der Waals surface area contributed by atoms with Crippen LogP contribution in [0.15, 0.2) is 33.5 Å². The Morgan fingerprint density at radius 2 is 1.92 bits per heavy atom. The lowest BCUT2D eigenvalue weighted by atomic mass is 9.91. The maximum atomic E-state index is 11.4. The van der Waals surface area contributed by atoms with Gasteiger partial charge in [0.2, 0.25) is 0 Å². The summed E-state index contributed by atoms with van der Waals surface area (Å²) in [5, 5.41) is 11.6. The first kappa shape index (κ1) is 17.0. The third-order valence-electron chi connectivity index (χ3n) is 4.18. The van der Waals surface area contributed by atoms with Gasteiger partial charge in [-0.15, -0.1) is 0 Å². The first-order valence-corrected chi connectivity index (χ1v) is 7.81. The quantitative estimate of drug-likeness (QED) is 0.870. The molecule has 1 aliphatic rings. The van der Waals surface area contributed by atoms with E-state index in [2.05, 4.69) is 0 Å². The van der Waals surface area contributed by atoms with E-state index in [4.69, 9.17) is 18.6 Å². The molecule has 1 aromatic heterocycles. The van der Waals surface area contributed by atoms with Gasteiger partial charge >= 0.3 is 5.63 Å². The smallest absolute Gasteiger partial charge is 0.336 e. The molecule has 1 N–H and O–H groups in total. The van der Waals surface area contributed by atoms with Crippen molar-refractivity contribution in [2.75, 3.05) is 7.11 Å². The van der Waals surface area contributed by atoms with Gasteiger partial charge < -0.3 is 23.7 Å². The van der Waals surface area contributed by atoms with Gasteiger partial charge in [0.1, 0.15) is 23.5 Å². The van der Waals surface area contributed by atoms with Crippen LogP contribution in [0.25, 0.3) is 11.0 Å². The standard InChI is InChI=1S/C18H22O6/c1-17(2)16(23-18(3,4)24-17)15(20)11-8-10-6-7-14(19)22-12(10)9-13(11)21-5/h6-9,15-16,20H,1-5H3/t15-,16+/m1/s1. The van der Waals surface area contributed by atoms with Gasteiger partial charge in [-0.05, 0) is 39.8 Å². The normalized spacial score (nSPS) is 23.3. The number of benzene rings is 1. The molecule has 6 heteroatoms. The van der Waals surface area contributed by atoms with Crippen LogP contribution in [0.4, 0.5) is 0 Å². The van der Waals surface area contributed by atoms with Crippen molar-refractivity contribution in [3.63, 3.8) is 0 Å². The number of ether oxygens (including phenoxy) is 3. The average Bonchev–Trinajstić information content (AvgIpc) is 2.72. The Morgan fingerprint density at radius 3 is 2.50 bits per heavy atom. The molecule has 0 bridgehead atoms. The van der Waals surface area contributed by atoms with Crippen LogP contribution in [-0.2, 0) is 9.47 Å². The van der Waals surface area contributed by atoms with Crippen LogP contribution in [0.5, 0.6) is 5.75 Å². The molecule has 1 fully saturated rings. The Hall–Kier alpha value is -1.89. The summed E-state index contributed by atoms with van der Waals surface area (Å²) in [6, 6.07) is 6.33. The summed E-state index contributed by atoms with van der Waals surface area (Å²) in [6.45, 7) is 7.38. The van der Waals surface area contributed by atoms with Crippen LogP contribution in [0.3, 0.4) is 0 Å². The van der Waals surface area contributed by atoms with Crippen molar-refractivity contribution in [1.82, 2.24) is 0 Å². The molecule has 24 heavy (non-hydrogen) atoms. The summed E-state index contributed by atoms with van der Waals surface area (Å²) < 4.78 is 22.3. The predicted molar refractivity (Wildman–Crippen MR) is 88.1 cm³/mol. The van der Waals surface area contributed by atoms with Gasteiger partial charge in [0, 0.05) is 23.1 Å². The Morgan fingerprint density at radius 1 is 1.21 bits per heavy atom. The first-order chi connectivity index (χ1) is 11.1.